The Hall–Kier alpha value is -0.610. The summed E-state index contributed by atoms with van der Waals surface area (Å²) in [4.78, 5) is 12.8. The highest BCUT2D eigenvalue weighted by atomic mass is 16.4. The predicted molar refractivity (Wildman–Crippen MR) is 53.1 cm³/mol. The molecule has 0 aromatic rings. The van der Waals surface area contributed by atoms with Gasteiger partial charge in [-0.25, -0.2) is 0 Å². The molecule has 0 aromatic heterocycles. The molecule has 0 bridgehead atoms. The largest absolute Gasteiger partial charge is 0.481 e. The van der Waals surface area contributed by atoms with Crippen LogP contribution in [0.2, 0.25) is 0 Å². The van der Waals surface area contributed by atoms with E-state index < -0.39 is 5.97 Å². The minimum atomic E-state index is -0.721. The van der Waals surface area contributed by atoms with Crippen LogP contribution in [0.1, 0.15) is 26.7 Å². The standard InChI is InChI=1S/C10H19NO3/c1-10(2,6-12)11(3)8-5-4-7(8)9(13)14/h7-8,12H,4-6H2,1-3H3,(H,13,14). The van der Waals surface area contributed by atoms with E-state index in [1.165, 1.54) is 0 Å². The normalized spacial score (nSPS) is 27.5. The molecule has 2 N–H and O–H groups in total. The Labute approximate surface area is 84.5 Å². The van der Waals surface area contributed by atoms with Crippen LogP contribution in [-0.2, 0) is 4.79 Å². The Balaban J connectivity index is 2.62. The first kappa shape index (κ1) is 11.5. The molecule has 1 aliphatic carbocycles. The molecular formula is C10H19NO3. The van der Waals surface area contributed by atoms with Crippen LogP contribution < -0.4 is 0 Å². The molecular weight excluding hydrogens is 182 g/mol. The zero-order valence-electron chi connectivity index (χ0n) is 9.03. The van der Waals surface area contributed by atoms with Gasteiger partial charge in [-0.2, -0.15) is 0 Å². The number of aliphatic carboxylic acids is 1. The van der Waals surface area contributed by atoms with Gasteiger partial charge in [-0.1, -0.05) is 0 Å². The van der Waals surface area contributed by atoms with Crippen LogP contribution in [0.5, 0.6) is 0 Å². The second-order valence-electron chi connectivity index (χ2n) is 4.67. The maximum absolute atomic E-state index is 10.8. The van der Waals surface area contributed by atoms with E-state index in [0.29, 0.717) is 0 Å². The van der Waals surface area contributed by atoms with Gasteiger partial charge in [0.1, 0.15) is 0 Å². The van der Waals surface area contributed by atoms with Crippen molar-refractivity contribution in [2.45, 2.75) is 38.3 Å². The Bertz CT molecular complexity index is 227. The number of hydrogen-bond acceptors (Lipinski definition) is 3. The van der Waals surface area contributed by atoms with Crippen molar-refractivity contribution in [3.63, 3.8) is 0 Å². The highest BCUT2D eigenvalue weighted by molar-refractivity contribution is 5.72. The second-order valence-corrected chi connectivity index (χ2v) is 4.67. The molecule has 0 amide bonds. The number of carboxylic acids is 1. The molecule has 14 heavy (non-hydrogen) atoms. The van der Waals surface area contributed by atoms with E-state index in [0.717, 1.165) is 12.8 Å². The number of aliphatic hydroxyl groups excluding tert-OH is 1. The summed E-state index contributed by atoms with van der Waals surface area (Å²) in [5.41, 5.74) is -0.335. The molecule has 1 fully saturated rings. The van der Waals surface area contributed by atoms with E-state index in [1.807, 2.05) is 25.8 Å². The van der Waals surface area contributed by atoms with Crippen LogP contribution in [0.15, 0.2) is 0 Å². The lowest BCUT2D eigenvalue weighted by Gasteiger charge is -2.47. The first-order valence-electron chi connectivity index (χ1n) is 4.97. The Morgan fingerprint density at radius 1 is 1.50 bits per heavy atom. The van der Waals surface area contributed by atoms with Gasteiger partial charge in [-0.05, 0) is 33.7 Å². The number of carboxylic acid groups (broad SMARTS) is 1. The zero-order valence-corrected chi connectivity index (χ0v) is 9.03. The molecule has 4 heteroatoms. The third-order valence-electron chi connectivity index (χ3n) is 3.39. The molecule has 4 nitrogen and oxygen atoms in total. The molecule has 0 aliphatic heterocycles. The average Bonchev–Trinajstić information content (AvgIpc) is 2.01. The monoisotopic (exact) mass is 201 g/mol. The minimum Gasteiger partial charge on any atom is -0.481 e. The first-order chi connectivity index (χ1) is 6.40. The van der Waals surface area contributed by atoms with Gasteiger partial charge in [0, 0.05) is 11.6 Å². The smallest absolute Gasteiger partial charge is 0.308 e. The van der Waals surface area contributed by atoms with E-state index in [4.69, 9.17) is 10.2 Å². The van der Waals surface area contributed by atoms with Crippen molar-refractivity contribution < 1.29 is 15.0 Å². The molecule has 1 saturated carbocycles. The fourth-order valence-electron chi connectivity index (χ4n) is 1.79. The first-order valence-corrected chi connectivity index (χ1v) is 4.97. The van der Waals surface area contributed by atoms with E-state index in [2.05, 4.69) is 0 Å². The van der Waals surface area contributed by atoms with Gasteiger partial charge < -0.3 is 10.2 Å². The quantitative estimate of drug-likeness (QED) is 0.697. The molecule has 1 rings (SSSR count). The highest BCUT2D eigenvalue weighted by Gasteiger charge is 2.43. The van der Waals surface area contributed by atoms with Crippen LogP contribution in [0, 0.1) is 5.92 Å². The Morgan fingerprint density at radius 2 is 2.07 bits per heavy atom. The lowest BCUT2D eigenvalue weighted by atomic mass is 9.77. The second kappa shape index (κ2) is 3.87. The van der Waals surface area contributed by atoms with Crippen molar-refractivity contribution in [1.29, 1.82) is 0 Å². The summed E-state index contributed by atoms with van der Waals surface area (Å²) in [6.07, 6.45) is 1.67. The van der Waals surface area contributed by atoms with Crippen molar-refractivity contribution in [2.75, 3.05) is 13.7 Å². The van der Waals surface area contributed by atoms with Gasteiger partial charge in [0.05, 0.1) is 12.5 Å². The SMILES string of the molecule is CN(C1CCC1C(=O)O)C(C)(C)CO. The lowest BCUT2D eigenvalue weighted by molar-refractivity contribution is -0.150. The molecule has 0 aromatic carbocycles. The van der Waals surface area contributed by atoms with E-state index in [-0.39, 0.29) is 24.1 Å². The van der Waals surface area contributed by atoms with Gasteiger partial charge in [-0.15, -0.1) is 0 Å². The summed E-state index contributed by atoms with van der Waals surface area (Å²) < 4.78 is 0. The zero-order chi connectivity index (χ0) is 10.9. The van der Waals surface area contributed by atoms with Gasteiger partial charge in [-0.3, -0.25) is 9.69 Å². The topological polar surface area (TPSA) is 60.8 Å². The Kier molecular flexibility index (Phi) is 3.17. The summed E-state index contributed by atoms with van der Waals surface area (Å²) in [7, 11) is 1.88. The van der Waals surface area contributed by atoms with E-state index in [1.54, 1.807) is 0 Å². The van der Waals surface area contributed by atoms with Gasteiger partial charge in [0.25, 0.3) is 0 Å². The predicted octanol–water partition coefficient (Wildman–Crippen LogP) is 0.552. The van der Waals surface area contributed by atoms with Gasteiger partial charge in [0.15, 0.2) is 0 Å². The maximum Gasteiger partial charge on any atom is 0.308 e. The number of carbonyl (C=O) groups is 1. The van der Waals surface area contributed by atoms with Crippen molar-refractivity contribution in [3.05, 3.63) is 0 Å². The molecule has 82 valence electrons. The summed E-state index contributed by atoms with van der Waals surface area (Å²) in [6.45, 7) is 3.89. The van der Waals surface area contributed by atoms with Crippen LogP contribution in [-0.4, -0.2) is 46.3 Å². The fourth-order valence-corrected chi connectivity index (χ4v) is 1.79. The molecule has 0 heterocycles. The van der Waals surface area contributed by atoms with Crippen LogP contribution in [0.25, 0.3) is 0 Å². The highest BCUT2D eigenvalue weighted by Crippen LogP contribution is 2.34. The third-order valence-corrected chi connectivity index (χ3v) is 3.39. The lowest BCUT2D eigenvalue weighted by Crippen LogP contribution is -2.57. The van der Waals surface area contributed by atoms with Crippen molar-refractivity contribution >= 4 is 5.97 Å². The number of aliphatic hydroxyl groups is 1. The summed E-state index contributed by atoms with van der Waals surface area (Å²) in [5, 5.41) is 18.1. The molecule has 2 unspecified atom stereocenters. The molecule has 0 radical (unpaired) electrons. The van der Waals surface area contributed by atoms with Crippen LogP contribution in [0.4, 0.5) is 0 Å². The van der Waals surface area contributed by atoms with Crippen molar-refractivity contribution in [3.8, 4) is 0 Å². The third kappa shape index (κ3) is 1.91. The molecule has 0 saturated heterocycles. The number of likely N-dealkylation sites (N-methyl/N-ethyl adjacent to an activating group) is 1. The Morgan fingerprint density at radius 3 is 2.36 bits per heavy atom. The van der Waals surface area contributed by atoms with Crippen molar-refractivity contribution in [2.24, 2.45) is 5.92 Å². The minimum absolute atomic E-state index is 0.0480. The molecule has 0 spiro atoms. The summed E-state index contributed by atoms with van der Waals surface area (Å²) in [6, 6.07) is 0.0784. The van der Waals surface area contributed by atoms with Crippen molar-refractivity contribution in [1.82, 2.24) is 4.90 Å². The average molecular weight is 201 g/mol. The summed E-state index contributed by atoms with van der Waals surface area (Å²) >= 11 is 0. The number of hydrogen-bond donors (Lipinski definition) is 2. The van der Waals surface area contributed by atoms with Gasteiger partial charge >= 0.3 is 5.97 Å². The van der Waals surface area contributed by atoms with E-state index in [9.17, 15) is 4.79 Å². The van der Waals surface area contributed by atoms with Crippen LogP contribution >= 0.6 is 0 Å². The molecule has 1 aliphatic rings. The maximum atomic E-state index is 10.8. The fraction of sp³-hybridized carbons (Fsp3) is 0.900. The molecule has 2 atom stereocenters. The van der Waals surface area contributed by atoms with Crippen LogP contribution in [0.3, 0.4) is 0 Å². The van der Waals surface area contributed by atoms with E-state index >= 15 is 0 Å². The number of nitrogens with zero attached hydrogens (tertiary/aromatic N) is 1. The van der Waals surface area contributed by atoms with Gasteiger partial charge in [0.2, 0.25) is 0 Å². The summed E-state index contributed by atoms with van der Waals surface area (Å²) in [5.74, 6) is -0.979. The number of rotatable bonds is 4.